The smallest absolute Gasteiger partial charge is 0.307 e. The summed E-state index contributed by atoms with van der Waals surface area (Å²) in [5, 5.41) is 3.31. The van der Waals surface area contributed by atoms with Gasteiger partial charge < -0.3 is 5.32 Å². The lowest BCUT2D eigenvalue weighted by molar-refractivity contribution is -0.126. The summed E-state index contributed by atoms with van der Waals surface area (Å²) < 4.78 is 26.7. The highest BCUT2D eigenvalue weighted by Crippen LogP contribution is 2.27. The van der Waals surface area contributed by atoms with Gasteiger partial charge in [0, 0.05) is 20.1 Å². The molecule has 6 nitrogen and oxygen atoms in total. The second-order valence-corrected chi connectivity index (χ2v) is 7.43. The van der Waals surface area contributed by atoms with Crippen molar-refractivity contribution in [1.29, 1.82) is 0 Å². The Balaban J connectivity index is 1.96. The Hall–Kier alpha value is -1.44. The van der Waals surface area contributed by atoms with Crippen molar-refractivity contribution in [3.05, 3.63) is 34.9 Å². The van der Waals surface area contributed by atoms with Crippen LogP contribution in [0.5, 0.6) is 0 Å². The van der Waals surface area contributed by atoms with E-state index in [1.807, 2.05) is 12.1 Å². The number of hydrogen-bond acceptors (Lipinski definition) is 4. The van der Waals surface area contributed by atoms with Gasteiger partial charge >= 0.3 is 10.2 Å². The van der Waals surface area contributed by atoms with Crippen LogP contribution in [0.3, 0.4) is 0 Å². The van der Waals surface area contributed by atoms with Crippen LogP contribution >= 0.6 is 0 Å². The average molecular weight is 309 g/mol. The van der Waals surface area contributed by atoms with Crippen LogP contribution in [0.2, 0.25) is 0 Å². The molecule has 1 aromatic rings. The molecule has 3 rings (SSSR count). The lowest BCUT2D eigenvalue weighted by Crippen LogP contribution is -2.34. The first-order valence-electron chi connectivity index (χ1n) is 7.03. The van der Waals surface area contributed by atoms with E-state index in [1.165, 1.54) is 22.5 Å². The van der Waals surface area contributed by atoms with Gasteiger partial charge in [0.25, 0.3) is 5.91 Å². The van der Waals surface area contributed by atoms with E-state index in [4.69, 9.17) is 0 Å². The average Bonchev–Trinajstić information content (AvgIpc) is 2.62. The Bertz CT molecular complexity index is 687. The molecule has 1 amide bonds. The molecule has 1 atom stereocenters. The lowest BCUT2D eigenvalue weighted by Gasteiger charge is -2.24. The number of rotatable bonds is 2. The molecule has 21 heavy (non-hydrogen) atoms. The van der Waals surface area contributed by atoms with Crippen molar-refractivity contribution >= 4 is 16.1 Å². The normalized spacial score (nSPS) is 25.1. The number of hydrogen-bond donors (Lipinski definition) is 1. The van der Waals surface area contributed by atoms with Crippen molar-refractivity contribution in [2.24, 2.45) is 0 Å². The van der Waals surface area contributed by atoms with Gasteiger partial charge in [0.2, 0.25) is 0 Å². The van der Waals surface area contributed by atoms with Gasteiger partial charge in [-0.25, -0.2) is 4.31 Å². The van der Waals surface area contributed by atoms with Crippen molar-refractivity contribution in [1.82, 2.24) is 13.9 Å². The SMILES string of the molecule is CC1C(=O)N(C)S(=O)(=O)N1Cc1cccc2c1CCNC2. The van der Waals surface area contributed by atoms with Crippen LogP contribution in [-0.2, 0) is 34.5 Å². The van der Waals surface area contributed by atoms with Gasteiger partial charge in [0.15, 0.2) is 0 Å². The maximum absolute atomic E-state index is 12.3. The second-order valence-electron chi connectivity index (χ2n) is 5.52. The molecule has 0 aromatic heterocycles. The number of fused-ring (bicyclic) bond motifs is 1. The highest BCUT2D eigenvalue weighted by molar-refractivity contribution is 7.87. The van der Waals surface area contributed by atoms with Crippen molar-refractivity contribution in [3.63, 3.8) is 0 Å². The number of carbonyl (C=O) groups excluding carboxylic acids is 1. The molecule has 1 saturated heterocycles. The predicted octanol–water partition coefficient (Wildman–Crippen LogP) is 0.240. The first-order valence-corrected chi connectivity index (χ1v) is 8.42. The van der Waals surface area contributed by atoms with Crippen molar-refractivity contribution in [2.75, 3.05) is 13.6 Å². The number of nitrogens with one attached hydrogen (secondary N) is 1. The summed E-state index contributed by atoms with van der Waals surface area (Å²) >= 11 is 0. The molecule has 2 heterocycles. The summed E-state index contributed by atoms with van der Waals surface area (Å²) in [6.45, 7) is 3.60. The minimum Gasteiger partial charge on any atom is -0.312 e. The van der Waals surface area contributed by atoms with Gasteiger partial charge in [-0.1, -0.05) is 18.2 Å². The highest BCUT2D eigenvalue weighted by Gasteiger charge is 2.46. The Kier molecular flexibility index (Phi) is 3.51. The van der Waals surface area contributed by atoms with Gasteiger partial charge in [-0.05, 0) is 36.6 Å². The molecule has 2 aliphatic heterocycles. The standard InChI is InChI=1S/C14H19N3O3S/c1-10-14(18)16(2)21(19,20)17(10)9-12-5-3-4-11-8-15-7-6-13(11)12/h3-5,10,15H,6-9H2,1-2H3. The van der Waals surface area contributed by atoms with E-state index >= 15 is 0 Å². The first kappa shape index (κ1) is 14.5. The van der Waals surface area contributed by atoms with Crippen molar-refractivity contribution < 1.29 is 13.2 Å². The van der Waals surface area contributed by atoms with Crippen LogP contribution in [-0.4, -0.2) is 42.6 Å². The van der Waals surface area contributed by atoms with Gasteiger partial charge in [-0.3, -0.25) is 4.79 Å². The third-order valence-corrected chi connectivity index (χ3v) is 6.22. The molecule has 1 aromatic carbocycles. The van der Waals surface area contributed by atoms with E-state index in [1.54, 1.807) is 6.92 Å². The van der Waals surface area contributed by atoms with Gasteiger partial charge in [0.1, 0.15) is 6.04 Å². The molecule has 1 fully saturated rings. The summed E-state index contributed by atoms with van der Waals surface area (Å²) in [5.41, 5.74) is 3.41. The van der Waals surface area contributed by atoms with E-state index < -0.39 is 16.3 Å². The number of nitrogens with zero attached hydrogens (tertiary/aromatic N) is 2. The number of amides is 1. The topological polar surface area (TPSA) is 69.7 Å². The summed E-state index contributed by atoms with van der Waals surface area (Å²) in [5.74, 6) is -0.374. The minimum atomic E-state index is -3.69. The van der Waals surface area contributed by atoms with E-state index in [0.717, 1.165) is 29.4 Å². The largest absolute Gasteiger partial charge is 0.312 e. The molecule has 0 bridgehead atoms. The Morgan fingerprint density at radius 3 is 2.81 bits per heavy atom. The van der Waals surface area contributed by atoms with Crippen molar-refractivity contribution in [2.45, 2.75) is 32.5 Å². The number of likely N-dealkylation sites (N-methyl/N-ethyl adjacent to an activating group) is 1. The predicted molar refractivity (Wildman–Crippen MR) is 78.5 cm³/mol. The molecule has 0 spiro atoms. The minimum absolute atomic E-state index is 0.253. The Morgan fingerprint density at radius 1 is 1.38 bits per heavy atom. The third kappa shape index (κ3) is 2.25. The Labute approximate surface area is 124 Å². The fourth-order valence-electron chi connectivity index (χ4n) is 3.00. The molecule has 0 saturated carbocycles. The molecule has 0 aliphatic carbocycles. The van der Waals surface area contributed by atoms with Gasteiger partial charge in [0.05, 0.1) is 0 Å². The zero-order chi connectivity index (χ0) is 15.2. The lowest BCUT2D eigenvalue weighted by atomic mass is 9.95. The zero-order valence-corrected chi connectivity index (χ0v) is 13.0. The zero-order valence-electron chi connectivity index (χ0n) is 12.2. The van der Waals surface area contributed by atoms with Gasteiger partial charge in [-0.2, -0.15) is 12.7 Å². The summed E-state index contributed by atoms with van der Waals surface area (Å²) in [7, 11) is -2.37. The van der Waals surface area contributed by atoms with Crippen LogP contribution in [0.15, 0.2) is 18.2 Å². The van der Waals surface area contributed by atoms with Crippen LogP contribution in [0.25, 0.3) is 0 Å². The van der Waals surface area contributed by atoms with Crippen LogP contribution in [0.1, 0.15) is 23.6 Å². The highest BCUT2D eigenvalue weighted by atomic mass is 32.2. The number of benzene rings is 1. The summed E-state index contributed by atoms with van der Waals surface area (Å²) in [6.07, 6.45) is 0.886. The third-order valence-electron chi connectivity index (χ3n) is 4.31. The monoisotopic (exact) mass is 309 g/mol. The molecule has 1 unspecified atom stereocenters. The summed E-state index contributed by atoms with van der Waals surface area (Å²) in [6, 6.07) is 5.32. The molecule has 114 valence electrons. The van der Waals surface area contributed by atoms with Gasteiger partial charge in [-0.15, -0.1) is 0 Å². The van der Waals surface area contributed by atoms with E-state index in [9.17, 15) is 13.2 Å². The molecule has 7 heteroatoms. The van der Waals surface area contributed by atoms with Crippen LogP contribution in [0, 0.1) is 0 Å². The fraction of sp³-hybridized carbons (Fsp3) is 0.500. The summed E-state index contributed by atoms with van der Waals surface area (Å²) in [4.78, 5) is 11.9. The first-order chi connectivity index (χ1) is 9.93. The maximum atomic E-state index is 12.3. The number of carbonyl (C=O) groups is 1. The molecule has 2 aliphatic rings. The second kappa shape index (κ2) is 5.08. The molecule has 1 N–H and O–H groups in total. The molecular formula is C14H19N3O3S. The quantitative estimate of drug-likeness (QED) is 0.849. The van der Waals surface area contributed by atoms with E-state index in [0.29, 0.717) is 0 Å². The molecular weight excluding hydrogens is 290 g/mol. The van der Waals surface area contributed by atoms with Crippen LogP contribution in [0.4, 0.5) is 0 Å². The van der Waals surface area contributed by atoms with Crippen molar-refractivity contribution in [3.8, 4) is 0 Å². The maximum Gasteiger partial charge on any atom is 0.307 e. The van der Waals surface area contributed by atoms with E-state index in [2.05, 4.69) is 11.4 Å². The molecule has 0 radical (unpaired) electrons. The fourth-order valence-corrected chi connectivity index (χ4v) is 4.49. The van der Waals surface area contributed by atoms with Crippen LogP contribution < -0.4 is 5.32 Å². The Morgan fingerprint density at radius 2 is 2.14 bits per heavy atom. The van der Waals surface area contributed by atoms with E-state index in [-0.39, 0.29) is 12.5 Å².